The average molecular weight is 278 g/mol. The molecule has 0 nitrogen and oxygen atoms in total. The van der Waals surface area contributed by atoms with E-state index < -0.39 is 0 Å². The van der Waals surface area contributed by atoms with Crippen LogP contribution in [0.3, 0.4) is 0 Å². The number of hydrogen-bond acceptors (Lipinski definition) is 1. The van der Waals surface area contributed by atoms with E-state index in [4.69, 9.17) is 11.6 Å². The van der Waals surface area contributed by atoms with Crippen LogP contribution in [0.4, 0.5) is 0 Å². The fraction of sp³-hybridized carbons (Fsp3) is 0.200. The Bertz CT molecular complexity index is 272. The van der Waals surface area contributed by atoms with Crippen molar-refractivity contribution in [2.24, 2.45) is 0 Å². The average Bonchev–Trinajstić information content (AvgIpc) is 2.16. The van der Waals surface area contributed by atoms with E-state index in [1.165, 1.54) is 4.46 Å². The molecular formula is C10H11ClSSe. The van der Waals surface area contributed by atoms with Gasteiger partial charge in [0, 0.05) is 0 Å². The monoisotopic (exact) mass is 278 g/mol. The van der Waals surface area contributed by atoms with Gasteiger partial charge < -0.3 is 0 Å². The van der Waals surface area contributed by atoms with Crippen LogP contribution in [-0.2, 0) is 0 Å². The standard InChI is InChI=1S/C10H11ClSSe/c1-2-12-8-10(11)13-9-6-4-3-5-7-9/h3-8H,2H2,1H3/b10-8-. The predicted octanol–water partition coefficient (Wildman–Crippen LogP) is 2.81. The van der Waals surface area contributed by atoms with Gasteiger partial charge in [-0.1, -0.05) is 0 Å². The quantitative estimate of drug-likeness (QED) is 0.763. The summed E-state index contributed by atoms with van der Waals surface area (Å²) in [5.41, 5.74) is 0. The van der Waals surface area contributed by atoms with Crippen molar-refractivity contribution in [1.29, 1.82) is 0 Å². The van der Waals surface area contributed by atoms with Crippen LogP contribution < -0.4 is 4.46 Å². The minimum atomic E-state index is 0.283. The SMILES string of the molecule is CCS/C=C(/Cl)[Se]c1ccccc1. The molecule has 0 aromatic heterocycles. The van der Waals surface area contributed by atoms with Gasteiger partial charge in [0.25, 0.3) is 0 Å². The third kappa shape index (κ3) is 4.78. The van der Waals surface area contributed by atoms with Crippen LogP contribution in [0.1, 0.15) is 6.92 Å². The second-order valence-electron chi connectivity index (χ2n) is 2.29. The number of thioether (sulfide) groups is 1. The fourth-order valence-corrected chi connectivity index (χ4v) is 3.59. The van der Waals surface area contributed by atoms with E-state index in [1.807, 2.05) is 18.2 Å². The Balaban J connectivity index is 2.50. The van der Waals surface area contributed by atoms with Crippen LogP contribution >= 0.6 is 23.4 Å². The summed E-state index contributed by atoms with van der Waals surface area (Å²) in [5.74, 6) is 1.08. The zero-order valence-electron chi connectivity index (χ0n) is 7.37. The molecule has 0 aliphatic rings. The molecule has 0 fully saturated rings. The first kappa shape index (κ1) is 11.2. The van der Waals surface area contributed by atoms with Gasteiger partial charge in [0.2, 0.25) is 0 Å². The van der Waals surface area contributed by atoms with Crippen molar-refractivity contribution in [3.05, 3.63) is 39.7 Å². The van der Waals surface area contributed by atoms with Gasteiger partial charge in [-0.3, -0.25) is 0 Å². The minimum absolute atomic E-state index is 0.283. The molecule has 70 valence electrons. The van der Waals surface area contributed by atoms with Gasteiger partial charge in [0.1, 0.15) is 0 Å². The van der Waals surface area contributed by atoms with Gasteiger partial charge in [0.15, 0.2) is 0 Å². The van der Waals surface area contributed by atoms with Crippen molar-refractivity contribution in [2.75, 3.05) is 5.75 Å². The molecule has 0 aliphatic heterocycles. The summed E-state index contributed by atoms with van der Waals surface area (Å²) in [4.78, 5) is 0. The third-order valence-corrected chi connectivity index (χ3v) is 4.74. The summed E-state index contributed by atoms with van der Waals surface area (Å²) < 4.78 is 2.30. The second kappa shape index (κ2) is 6.56. The first-order valence-electron chi connectivity index (χ1n) is 4.03. The maximum absolute atomic E-state index is 6.06. The molecule has 0 heterocycles. The number of hydrogen-bond donors (Lipinski definition) is 0. The van der Waals surface area contributed by atoms with E-state index >= 15 is 0 Å². The molecule has 3 heteroatoms. The molecule has 1 aromatic carbocycles. The van der Waals surface area contributed by atoms with E-state index in [0.29, 0.717) is 0 Å². The predicted molar refractivity (Wildman–Crippen MR) is 63.9 cm³/mol. The topological polar surface area (TPSA) is 0 Å². The molecular weight excluding hydrogens is 267 g/mol. The number of benzene rings is 1. The van der Waals surface area contributed by atoms with Crippen molar-refractivity contribution in [1.82, 2.24) is 0 Å². The van der Waals surface area contributed by atoms with E-state index in [9.17, 15) is 0 Å². The van der Waals surface area contributed by atoms with Gasteiger partial charge >= 0.3 is 95.1 Å². The van der Waals surface area contributed by atoms with Crippen molar-refractivity contribution < 1.29 is 0 Å². The molecule has 0 amide bonds. The molecule has 13 heavy (non-hydrogen) atoms. The Morgan fingerprint density at radius 1 is 1.46 bits per heavy atom. The molecule has 0 saturated carbocycles. The van der Waals surface area contributed by atoms with Crippen LogP contribution in [0.25, 0.3) is 0 Å². The molecule has 0 spiro atoms. The first-order chi connectivity index (χ1) is 6.33. The van der Waals surface area contributed by atoms with Gasteiger partial charge in [-0.05, 0) is 0 Å². The van der Waals surface area contributed by atoms with Gasteiger partial charge in [-0.15, -0.1) is 0 Å². The molecule has 1 aromatic rings. The zero-order valence-corrected chi connectivity index (χ0v) is 10.7. The molecule has 0 bridgehead atoms. The second-order valence-corrected chi connectivity index (χ2v) is 6.69. The van der Waals surface area contributed by atoms with Crippen LogP contribution in [0.2, 0.25) is 0 Å². The van der Waals surface area contributed by atoms with E-state index in [1.54, 1.807) is 11.8 Å². The number of rotatable bonds is 4. The maximum atomic E-state index is 6.06. The van der Waals surface area contributed by atoms with Crippen molar-refractivity contribution in [2.45, 2.75) is 6.92 Å². The summed E-state index contributed by atoms with van der Waals surface area (Å²) in [5, 5.41) is 2.05. The Morgan fingerprint density at radius 2 is 2.15 bits per heavy atom. The summed E-state index contributed by atoms with van der Waals surface area (Å²) in [7, 11) is 0. The first-order valence-corrected chi connectivity index (χ1v) is 7.17. The molecule has 0 unspecified atom stereocenters. The zero-order chi connectivity index (χ0) is 9.52. The molecule has 1 rings (SSSR count). The third-order valence-electron chi connectivity index (χ3n) is 1.30. The normalized spacial score (nSPS) is 11.7. The Hall–Kier alpha value is 0.119. The van der Waals surface area contributed by atoms with E-state index in [0.717, 1.165) is 9.68 Å². The summed E-state index contributed by atoms with van der Waals surface area (Å²) in [6.07, 6.45) is 0. The summed E-state index contributed by atoms with van der Waals surface area (Å²) in [6.45, 7) is 2.13. The molecule has 0 radical (unpaired) electrons. The van der Waals surface area contributed by atoms with Gasteiger partial charge in [-0.25, -0.2) is 0 Å². The van der Waals surface area contributed by atoms with Gasteiger partial charge in [0.05, 0.1) is 0 Å². The number of halogens is 1. The van der Waals surface area contributed by atoms with E-state index in [2.05, 4.69) is 24.5 Å². The van der Waals surface area contributed by atoms with Gasteiger partial charge in [-0.2, -0.15) is 0 Å². The molecule has 0 N–H and O–H groups in total. The Morgan fingerprint density at radius 3 is 2.77 bits per heavy atom. The van der Waals surface area contributed by atoms with Crippen molar-refractivity contribution >= 4 is 42.8 Å². The van der Waals surface area contributed by atoms with E-state index in [-0.39, 0.29) is 15.0 Å². The molecule has 0 atom stereocenters. The molecule has 0 aliphatic carbocycles. The fourth-order valence-electron chi connectivity index (χ4n) is 0.774. The Labute approximate surface area is 94.9 Å². The van der Waals surface area contributed by atoms with Crippen LogP contribution in [0, 0.1) is 0 Å². The Kier molecular flexibility index (Phi) is 5.65. The molecule has 0 saturated heterocycles. The van der Waals surface area contributed by atoms with Crippen LogP contribution in [0.5, 0.6) is 0 Å². The van der Waals surface area contributed by atoms with Crippen molar-refractivity contribution in [3.63, 3.8) is 0 Å². The summed E-state index contributed by atoms with van der Waals surface area (Å²) >= 11 is 8.10. The van der Waals surface area contributed by atoms with Crippen LogP contribution in [-0.4, -0.2) is 20.7 Å². The van der Waals surface area contributed by atoms with Crippen molar-refractivity contribution in [3.8, 4) is 0 Å². The van der Waals surface area contributed by atoms with Crippen LogP contribution in [0.15, 0.2) is 39.7 Å². The summed E-state index contributed by atoms with van der Waals surface area (Å²) in [6, 6.07) is 10.4.